The molecule has 0 saturated carbocycles. The van der Waals surface area contributed by atoms with Crippen LogP contribution in [0.2, 0.25) is 10.0 Å². The summed E-state index contributed by atoms with van der Waals surface area (Å²) in [7, 11) is 0. The zero-order chi connectivity index (χ0) is 12.4. The summed E-state index contributed by atoms with van der Waals surface area (Å²) in [6.07, 6.45) is -0.542. The zero-order valence-electron chi connectivity index (χ0n) is 8.38. The summed E-state index contributed by atoms with van der Waals surface area (Å²) in [6, 6.07) is 4.94. The Hall–Kier alpha value is 0.0600. The van der Waals surface area contributed by atoms with Gasteiger partial charge in [0.1, 0.15) is 17.0 Å². The normalized spacial score (nSPS) is 29.1. The highest BCUT2D eigenvalue weighted by Crippen LogP contribution is 2.28. The summed E-state index contributed by atoms with van der Waals surface area (Å²) < 4.78 is 5.56. The second-order valence-electron chi connectivity index (χ2n) is 3.30. The van der Waals surface area contributed by atoms with Gasteiger partial charge in [0.05, 0.1) is 5.02 Å². The minimum Gasteiger partial charge on any atom is -0.461 e. The summed E-state index contributed by atoms with van der Waals surface area (Å²) in [5.74, 6) is 0.482. The number of hydrogen-bond donors (Lipinski definition) is 3. The van der Waals surface area contributed by atoms with E-state index in [0.29, 0.717) is 15.8 Å². The van der Waals surface area contributed by atoms with Crippen molar-refractivity contribution in [2.75, 3.05) is 0 Å². The molecule has 4 nitrogen and oxygen atoms in total. The first-order valence-corrected chi connectivity index (χ1v) is 6.35. The van der Waals surface area contributed by atoms with E-state index in [2.05, 4.69) is 16.0 Å². The van der Waals surface area contributed by atoms with Crippen LogP contribution in [0.5, 0.6) is 5.75 Å². The van der Waals surface area contributed by atoms with Crippen LogP contribution in [-0.4, -0.2) is 17.6 Å². The van der Waals surface area contributed by atoms with Gasteiger partial charge in [-0.05, 0) is 18.2 Å². The van der Waals surface area contributed by atoms with Gasteiger partial charge in [-0.2, -0.15) is 0 Å². The van der Waals surface area contributed by atoms with Crippen molar-refractivity contribution in [1.82, 2.24) is 16.0 Å². The molecule has 0 amide bonds. The molecule has 8 heteroatoms. The molecule has 1 fully saturated rings. The number of rotatable bonds is 2. The third-order valence-electron chi connectivity index (χ3n) is 2.03. The van der Waals surface area contributed by atoms with E-state index in [1.165, 1.54) is 0 Å². The van der Waals surface area contributed by atoms with E-state index in [1.807, 2.05) is 0 Å². The smallest absolute Gasteiger partial charge is 0.211 e. The topological polar surface area (TPSA) is 45.3 Å². The first-order valence-electron chi connectivity index (χ1n) is 4.72. The molecular formula is C9H9Cl4N3O. The highest BCUT2D eigenvalue weighted by atomic mass is 35.5. The lowest BCUT2D eigenvalue weighted by Gasteiger charge is -2.33. The first kappa shape index (κ1) is 13.5. The molecule has 1 aromatic carbocycles. The predicted molar refractivity (Wildman–Crippen MR) is 69.6 cm³/mol. The predicted octanol–water partition coefficient (Wildman–Crippen LogP) is 2.48. The summed E-state index contributed by atoms with van der Waals surface area (Å²) in [5.41, 5.74) is -0.982. The Morgan fingerprint density at radius 2 is 1.65 bits per heavy atom. The Bertz CT molecular complexity index is 396. The second-order valence-corrected chi connectivity index (χ2v) is 5.01. The fourth-order valence-electron chi connectivity index (χ4n) is 1.30. The summed E-state index contributed by atoms with van der Waals surface area (Å²) in [4.78, 5) is 0. The van der Waals surface area contributed by atoms with Crippen LogP contribution in [0.15, 0.2) is 18.2 Å². The molecule has 2 rings (SSSR count). The van der Waals surface area contributed by atoms with Gasteiger partial charge in [0.15, 0.2) is 0 Å². The van der Waals surface area contributed by atoms with Crippen LogP contribution in [0, 0.1) is 0 Å². The van der Waals surface area contributed by atoms with E-state index in [9.17, 15) is 0 Å². The van der Waals surface area contributed by atoms with Crippen molar-refractivity contribution in [3.05, 3.63) is 28.2 Å². The molecule has 0 aliphatic carbocycles. The van der Waals surface area contributed by atoms with E-state index in [4.69, 9.17) is 51.1 Å². The fraction of sp³-hybridized carbons (Fsp3) is 0.333. The largest absolute Gasteiger partial charge is 0.461 e. The molecule has 0 aromatic heterocycles. The van der Waals surface area contributed by atoms with E-state index >= 15 is 0 Å². The SMILES string of the molecule is Clc1ccc(OC2NC(Cl)NC(Cl)N2)c(Cl)c1. The fourth-order valence-corrected chi connectivity index (χ4v) is 2.30. The minimum atomic E-state index is -0.542. The molecule has 94 valence electrons. The third-order valence-corrected chi connectivity index (χ3v) is 3.06. The highest BCUT2D eigenvalue weighted by Gasteiger charge is 2.25. The Kier molecular flexibility index (Phi) is 4.60. The maximum atomic E-state index is 5.97. The number of halogens is 4. The summed E-state index contributed by atoms with van der Waals surface area (Å²) in [5, 5.41) is 9.51. The van der Waals surface area contributed by atoms with Gasteiger partial charge in [-0.25, -0.2) is 10.6 Å². The van der Waals surface area contributed by atoms with Crippen LogP contribution >= 0.6 is 46.4 Å². The van der Waals surface area contributed by atoms with Crippen LogP contribution in [0.3, 0.4) is 0 Å². The van der Waals surface area contributed by atoms with Crippen molar-refractivity contribution in [3.63, 3.8) is 0 Å². The third kappa shape index (κ3) is 3.76. The lowest BCUT2D eigenvalue weighted by atomic mass is 10.3. The van der Waals surface area contributed by atoms with Crippen LogP contribution in [-0.2, 0) is 0 Å². The number of alkyl halides is 2. The standard InChI is InChI=1S/C9H9Cl4N3O/c10-4-1-2-6(5(11)3-4)17-9-15-7(12)14-8(13)16-9/h1-3,7-9,14-16H. The van der Waals surface area contributed by atoms with Crippen molar-refractivity contribution in [1.29, 1.82) is 0 Å². The second kappa shape index (κ2) is 5.80. The molecule has 1 aromatic rings. The van der Waals surface area contributed by atoms with E-state index < -0.39 is 17.6 Å². The number of nitrogens with one attached hydrogen (secondary N) is 3. The molecule has 2 atom stereocenters. The van der Waals surface area contributed by atoms with Crippen molar-refractivity contribution >= 4 is 46.4 Å². The average Bonchev–Trinajstić information content (AvgIpc) is 2.21. The van der Waals surface area contributed by atoms with Gasteiger partial charge in [-0.1, -0.05) is 46.4 Å². The highest BCUT2D eigenvalue weighted by molar-refractivity contribution is 6.35. The Morgan fingerprint density at radius 3 is 2.24 bits per heavy atom. The summed E-state index contributed by atoms with van der Waals surface area (Å²) in [6.45, 7) is 0. The monoisotopic (exact) mass is 315 g/mol. The first-order chi connectivity index (χ1) is 8.04. The minimum absolute atomic E-state index is 0.414. The lowest BCUT2D eigenvalue weighted by Crippen LogP contribution is -2.65. The molecule has 3 N–H and O–H groups in total. The molecule has 1 aliphatic rings. The van der Waals surface area contributed by atoms with Gasteiger partial charge in [0, 0.05) is 5.02 Å². The molecule has 2 unspecified atom stereocenters. The molecule has 0 radical (unpaired) electrons. The van der Waals surface area contributed by atoms with Crippen LogP contribution in [0.1, 0.15) is 0 Å². The van der Waals surface area contributed by atoms with Crippen molar-refractivity contribution < 1.29 is 4.74 Å². The number of ether oxygens (including phenoxy) is 1. The molecule has 0 spiro atoms. The molecule has 1 heterocycles. The lowest BCUT2D eigenvalue weighted by molar-refractivity contribution is 0.0840. The van der Waals surface area contributed by atoms with Crippen molar-refractivity contribution in [2.24, 2.45) is 0 Å². The van der Waals surface area contributed by atoms with Crippen molar-refractivity contribution in [2.45, 2.75) is 17.6 Å². The van der Waals surface area contributed by atoms with Gasteiger partial charge in [0.25, 0.3) is 0 Å². The molecule has 0 bridgehead atoms. The van der Waals surface area contributed by atoms with Gasteiger partial charge < -0.3 is 4.74 Å². The van der Waals surface area contributed by atoms with Gasteiger partial charge >= 0.3 is 0 Å². The zero-order valence-corrected chi connectivity index (χ0v) is 11.4. The van der Waals surface area contributed by atoms with Gasteiger partial charge in [-0.15, -0.1) is 0 Å². The molecule has 17 heavy (non-hydrogen) atoms. The van der Waals surface area contributed by atoms with Crippen LogP contribution < -0.4 is 20.7 Å². The Labute approximate surface area is 118 Å². The quantitative estimate of drug-likeness (QED) is 0.579. The molecule has 1 saturated heterocycles. The Morgan fingerprint density at radius 1 is 1.00 bits per heavy atom. The van der Waals surface area contributed by atoms with Gasteiger partial charge in [0.2, 0.25) is 6.35 Å². The molecule has 1 aliphatic heterocycles. The summed E-state index contributed by atoms with van der Waals surface area (Å²) >= 11 is 23.5. The number of benzene rings is 1. The van der Waals surface area contributed by atoms with Crippen molar-refractivity contribution in [3.8, 4) is 5.75 Å². The van der Waals surface area contributed by atoms with E-state index in [-0.39, 0.29) is 0 Å². The molecular weight excluding hydrogens is 308 g/mol. The van der Waals surface area contributed by atoms with E-state index in [0.717, 1.165) is 0 Å². The van der Waals surface area contributed by atoms with Crippen LogP contribution in [0.4, 0.5) is 0 Å². The maximum Gasteiger partial charge on any atom is 0.211 e. The van der Waals surface area contributed by atoms with E-state index in [1.54, 1.807) is 18.2 Å². The van der Waals surface area contributed by atoms with Gasteiger partial charge in [-0.3, -0.25) is 5.32 Å². The van der Waals surface area contributed by atoms with Crippen LogP contribution in [0.25, 0.3) is 0 Å². The number of hydrogen-bond acceptors (Lipinski definition) is 4. The maximum absolute atomic E-state index is 5.97. The Balaban J connectivity index is 2.04. The average molecular weight is 317 g/mol.